The number of benzene rings is 1. The number of nitrogens with one attached hydrogen (secondary N) is 1. The fourth-order valence-corrected chi connectivity index (χ4v) is 1.34. The summed E-state index contributed by atoms with van der Waals surface area (Å²) in [4.78, 5) is 11.1. The zero-order chi connectivity index (χ0) is 13.6. The van der Waals surface area contributed by atoms with Crippen LogP contribution in [0.15, 0.2) is 42.5 Å². The third-order valence-electron chi connectivity index (χ3n) is 2.38. The van der Waals surface area contributed by atoms with Crippen molar-refractivity contribution in [3.63, 3.8) is 0 Å². The van der Waals surface area contributed by atoms with Crippen molar-refractivity contribution in [2.75, 3.05) is 6.54 Å². The molecule has 1 N–H and O–H groups in total. The first-order valence-corrected chi connectivity index (χ1v) is 5.45. The fourth-order valence-electron chi connectivity index (χ4n) is 1.34. The molecule has 0 heterocycles. The highest BCUT2D eigenvalue weighted by atomic mass is 19.4. The Morgan fingerprint density at radius 2 is 1.83 bits per heavy atom. The summed E-state index contributed by atoms with van der Waals surface area (Å²) in [6.45, 7) is 3.48. The number of halogens is 3. The lowest BCUT2D eigenvalue weighted by molar-refractivity contribution is -0.128. The summed E-state index contributed by atoms with van der Waals surface area (Å²) in [6.07, 6.45) is -4.83. The number of Topliss-reactive ketones (excluding diaryl/α,β-unsaturated/α-hetero) is 1. The number of alkyl halides is 3. The molecule has 0 saturated carbocycles. The molecule has 1 rings (SSSR count). The van der Waals surface area contributed by atoms with Crippen LogP contribution in [-0.4, -0.2) is 18.5 Å². The fraction of sp³-hybridized carbons (Fsp3) is 0.308. The Kier molecular flexibility index (Phi) is 5.09. The number of carbonyl (C=O) groups is 1. The highest BCUT2D eigenvalue weighted by Crippen LogP contribution is 2.25. The largest absolute Gasteiger partial charge is 0.419 e. The third kappa shape index (κ3) is 4.71. The van der Waals surface area contributed by atoms with Crippen molar-refractivity contribution < 1.29 is 18.0 Å². The second-order valence-electron chi connectivity index (χ2n) is 3.81. The Balaban J connectivity index is 2.27. The number of rotatable bonds is 6. The summed E-state index contributed by atoms with van der Waals surface area (Å²) in [7, 11) is 0. The van der Waals surface area contributed by atoms with Gasteiger partial charge in [0.25, 0.3) is 0 Å². The maximum atomic E-state index is 12.1. The Hall–Kier alpha value is -1.62. The van der Waals surface area contributed by atoms with Crippen LogP contribution in [-0.2, 0) is 11.3 Å². The van der Waals surface area contributed by atoms with E-state index in [0.717, 1.165) is 5.56 Å². The Morgan fingerprint density at radius 1 is 1.22 bits per heavy atom. The monoisotopic (exact) mass is 257 g/mol. The summed E-state index contributed by atoms with van der Waals surface area (Å²) >= 11 is 0. The smallest absolute Gasteiger partial charge is 0.312 e. The van der Waals surface area contributed by atoms with E-state index in [1.54, 1.807) is 0 Å². The van der Waals surface area contributed by atoms with E-state index in [4.69, 9.17) is 0 Å². The first-order valence-electron chi connectivity index (χ1n) is 5.45. The maximum Gasteiger partial charge on any atom is 0.419 e. The second kappa shape index (κ2) is 6.35. The molecular formula is C13H14F3NO. The summed E-state index contributed by atoms with van der Waals surface area (Å²) in [6, 6.07) is 9.40. The average Bonchev–Trinajstić information content (AvgIpc) is 2.33. The van der Waals surface area contributed by atoms with Crippen LogP contribution in [0.3, 0.4) is 0 Å². The van der Waals surface area contributed by atoms with Crippen molar-refractivity contribution in [3.05, 3.63) is 48.0 Å². The molecule has 0 aliphatic rings. The Bertz CT molecular complexity index is 412. The minimum absolute atomic E-state index is 0.197. The molecule has 0 fully saturated rings. The van der Waals surface area contributed by atoms with E-state index < -0.39 is 17.5 Å². The Morgan fingerprint density at radius 3 is 2.39 bits per heavy atom. The van der Waals surface area contributed by atoms with Crippen LogP contribution in [0.25, 0.3) is 0 Å². The van der Waals surface area contributed by atoms with Crippen LogP contribution in [0.5, 0.6) is 0 Å². The average molecular weight is 257 g/mol. The molecule has 2 nitrogen and oxygen atoms in total. The quantitative estimate of drug-likeness (QED) is 0.627. The van der Waals surface area contributed by atoms with Crippen molar-refractivity contribution in [2.24, 2.45) is 0 Å². The first-order chi connectivity index (χ1) is 8.41. The molecule has 1 aromatic carbocycles. The summed E-state index contributed by atoms with van der Waals surface area (Å²) < 4.78 is 36.4. The standard InChI is InChI=1S/C13H14F3NO/c1-10(13(14,15)16)12(18)7-8-17-9-11-5-3-2-4-6-11/h2-6,17H,1,7-9H2. The molecule has 0 saturated heterocycles. The predicted octanol–water partition coefficient (Wildman–Crippen LogP) is 2.85. The number of hydrogen-bond acceptors (Lipinski definition) is 2. The van der Waals surface area contributed by atoms with Crippen molar-refractivity contribution in [1.82, 2.24) is 5.32 Å². The highest BCUT2D eigenvalue weighted by Gasteiger charge is 2.35. The van der Waals surface area contributed by atoms with Gasteiger partial charge in [-0.3, -0.25) is 4.79 Å². The van der Waals surface area contributed by atoms with Crippen LogP contribution in [0.1, 0.15) is 12.0 Å². The van der Waals surface area contributed by atoms with E-state index in [1.165, 1.54) is 0 Å². The molecule has 0 radical (unpaired) electrons. The van der Waals surface area contributed by atoms with Crippen LogP contribution < -0.4 is 5.32 Å². The second-order valence-corrected chi connectivity index (χ2v) is 3.81. The van der Waals surface area contributed by atoms with Crippen LogP contribution in [0.4, 0.5) is 13.2 Å². The van der Waals surface area contributed by atoms with Gasteiger partial charge in [0.2, 0.25) is 0 Å². The van der Waals surface area contributed by atoms with Gasteiger partial charge in [0.05, 0.1) is 5.57 Å². The van der Waals surface area contributed by atoms with Gasteiger partial charge in [-0.1, -0.05) is 36.9 Å². The van der Waals surface area contributed by atoms with E-state index in [1.807, 2.05) is 30.3 Å². The van der Waals surface area contributed by atoms with Gasteiger partial charge >= 0.3 is 6.18 Å². The number of ketones is 1. The van der Waals surface area contributed by atoms with Gasteiger partial charge in [-0.25, -0.2) is 0 Å². The number of hydrogen-bond donors (Lipinski definition) is 1. The zero-order valence-electron chi connectivity index (χ0n) is 9.76. The minimum Gasteiger partial charge on any atom is -0.312 e. The van der Waals surface area contributed by atoms with Gasteiger partial charge in [0, 0.05) is 19.5 Å². The SMILES string of the molecule is C=C(C(=O)CCNCc1ccccc1)C(F)(F)F. The van der Waals surface area contributed by atoms with Crippen molar-refractivity contribution in [3.8, 4) is 0 Å². The summed E-state index contributed by atoms with van der Waals surface area (Å²) in [5, 5.41) is 2.91. The van der Waals surface area contributed by atoms with Crippen LogP contribution in [0.2, 0.25) is 0 Å². The molecule has 18 heavy (non-hydrogen) atoms. The van der Waals surface area contributed by atoms with Gasteiger partial charge in [0.1, 0.15) is 0 Å². The maximum absolute atomic E-state index is 12.1. The zero-order valence-corrected chi connectivity index (χ0v) is 9.76. The first kappa shape index (κ1) is 14.4. The Labute approximate surface area is 104 Å². The van der Waals surface area contributed by atoms with E-state index in [-0.39, 0.29) is 13.0 Å². The molecule has 1 aromatic rings. The molecule has 0 bridgehead atoms. The van der Waals surface area contributed by atoms with E-state index in [0.29, 0.717) is 6.54 Å². The lowest BCUT2D eigenvalue weighted by atomic mass is 10.1. The summed E-state index contributed by atoms with van der Waals surface area (Å²) in [5.41, 5.74) is -0.274. The molecular weight excluding hydrogens is 243 g/mol. The predicted molar refractivity (Wildman–Crippen MR) is 63.0 cm³/mol. The normalized spacial score (nSPS) is 11.3. The molecule has 0 aromatic heterocycles. The van der Waals surface area contributed by atoms with E-state index >= 15 is 0 Å². The number of allylic oxidation sites excluding steroid dienone is 1. The lowest BCUT2D eigenvalue weighted by Gasteiger charge is -2.09. The summed E-state index contributed by atoms with van der Waals surface area (Å²) in [5.74, 6) is -0.969. The van der Waals surface area contributed by atoms with Gasteiger partial charge in [-0.15, -0.1) is 0 Å². The van der Waals surface area contributed by atoms with Crippen LogP contribution in [0, 0.1) is 0 Å². The molecule has 5 heteroatoms. The third-order valence-corrected chi connectivity index (χ3v) is 2.38. The molecule has 0 aliphatic carbocycles. The molecule has 0 unspecified atom stereocenters. The van der Waals surface area contributed by atoms with Crippen molar-refractivity contribution >= 4 is 5.78 Å². The molecule has 98 valence electrons. The topological polar surface area (TPSA) is 29.1 Å². The van der Waals surface area contributed by atoms with Gasteiger partial charge in [-0.2, -0.15) is 13.2 Å². The van der Waals surface area contributed by atoms with Crippen LogP contribution >= 0.6 is 0 Å². The van der Waals surface area contributed by atoms with E-state index in [9.17, 15) is 18.0 Å². The van der Waals surface area contributed by atoms with Crippen molar-refractivity contribution in [2.45, 2.75) is 19.1 Å². The molecule has 0 aliphatic heterocycles. The number of carbonyl (C=O) groups excluding carboxylic acids is 1. The van der Waals surface area contributed by atoms with Gasteiger partial charge < -0.3 is 5.32 Å². The molecule has 0 atom stereocenters. The van der Waals surface area contributed by atoms with E-state index in [2.05, 4.69) is 11.9 Å². The lowest BCUT2D eigenvalue weighted by Crippen LogP contribution is -2.23. The minimum atomic E-state index is -4.63. The van der Waals surface area contributed by atoms with Gasteiger partial charge in [-0.05, 0) is 5.56 Å². The molecule has 0 amide bonds. The molecule has 0 spiro atoms. The highest BCUT2D eigenvalue weighted by molar-refractivity contribution is 5.96. The van der Waals surface area contributed by atoms with Gasteiger partial charge in [0.15, 0.2) is 5.78 Å². The van der Waals surface area contributed by atoms with Crippen molar-refractivity contribution in [1.29, 1.82) is 0 Å².